The fraction of sp³-hybridized carbons (Fsp3) is 0.150. The Morgan fingerprint density at radius 3 is 2.78 bits per heavy atom. The normalized spacial score (nSPS) is 15.5. The molecule has 4 rings (SSSR count). The van der Waals surface area contributed by atoms with Crippen LogP contribution in [0.3, 0.4) is 0 Å². The molecule has 1 unspecified atom stereocenters. The van der Waals surface area contributed by atoms with Gasteiger partial charge in [-0.25, -0.2) is 18.7 Å². The van der Waals surface area contributed by atoms with Crippen molar-refractivity contribution in [3.63, 3.8) is 0 Å². The summed E-state index contributed by atoms with van der Waals surface area (Å²) in [7, 11) is 0. The van der Waals surface area contributed by atoms with Crippen molar-refractivity contribution in [3.05, 3.63) is 77.8 Å². The first-order valence-corrected chi connectivity index (χ1v) is 8.48. The number of hydrogen-bond donors (Lipinski definition) is 1. The second-order valence-electron chi connectivity index (χ2n) is 6.39. The summed E-state index contributed by atoms with van der Waals surface area (Å²) in [5, 5.41) is 2.75. The molecule has 136 valence electrons. The van der Waals surface area contributed by atoms with E-state index >= 15 is 0 Å². The van der Waals surface area contributed by atoms with Crippen LogP contribution in [-0.2, 0) is 6.42 Å². The van der Waals surface area contributed by atoms with Crippen LogP contribution in [0.4, 0.5) is 26.0 Å². The maximum atomic E-state index is 13.8. The van der Waals surface area contributed by atoms with E-state index in [1.807, 2.05) is 31.2 Å². The summed E-state index contributed by atoms with van der Waals surface area (Å²) in [5.74, 6) is -1.42. The van der Waals surface area contributed by atoms with Crippen molar-refractivity contribution < 1.29 is 13.6 Å². The Morgan fingerprint density at radius 1 is 1.15 bits per heavy atom. The molecule has 1 amide bonds. The van der Waals surface area contributed by atoms with Gasteiger partial charge in [-0.15, -0.1) is 0 Å². The maximum Gasteiger partial charge on any atom is 0.277 e. The molecule has 2 heterocycles. The molecule has 0 saturated carbocycles. The van der Waals surface area contributed by atoms with E-state index in [0.29, 0.717) is 0 Å². The van der Waals surface area contributed by atoms with E-state index in [9.17, 15) is 13.6 Å². The summed E-state index contributed by atoms with van der Waals surface area (Å²) in [6.45, 7) is 1.98. The zero-order valence-corrected chi connectivity index (χ0v) is 14.5. The molecule has 0 spiro atoms. The molecular formula is C20H16F2N4O. The van der Waals surface area contributed by atoms with Gasteiger partial charge in [-0.2, -0.15) is 0 Å². The first kappa shape index (κ1) is 17.1. The smallest absolute Gasteiger partial charge is 0.277 e. The Balaban J connectivity index is 1.62. The minimum atomic E-state index is -0.747. The first-order chi connectivity index (χ1) is 13.0. The van der Waals surface area contributed by atoms with Crippen molar-refractivity contribution in [2.24, 2.45) is 0 Å². The molecule has 1 aliphatic rings. The number of nitrogens with zero attached hydrogens (tertiary/aromatic N) is 3. The van der Waals surface area contributed by atoms with Crippen molar-refractivity contribution in [1.82, 2.24) is 9.97 Å². The molecule has 0 aliphatic carbocycles. The molecule has 27 heavy (non-hydrogen) atoms. The number of fused-ring (bicyclic) bond motifs is 1. The summed E-state index contributed by atoms with van der Waals surface area (Å²) in [6.07, 6.45) is 2.02. The molecule has 1 aliphatic heterocycles. The molecule has 1 aromatic heterocycles. The minimum absolute atomic E-state index is 0.0100. The number of para-hydroxylation sites is 1. The van der Waals surface area contributed by atoms with Crippen LogP contribution < -0.4 is 10.2 Å². The van der Waals surface area contributed by atoms with Crippen LogP contribution in [-0.4, -0.2) is 21.9 Å². The zero-order chi connectivity index (χ0) is 19.0. The number of amides is 1. The van der Waals surface area contributed by atoms with Crippen LogP contribution in [0.15, 0.2) is 54.9 Å². The number of carbonyl (C=O) groups is 1. The van der Waals surface area contributed by atoms with Gasteiger partial charge in [0, 0.05) is 23.9 Å². The molecule has 0 radical (unpaired) electrons. The lowest BCUT2D eigenvalue weighted by molar-refractivity contribution is 0.0976. The number of rotatable bonds is 3. The van der Waals surface area contributed by atoms with E-state index in [4.69, 9.17) is 0 Å². The summed E-state index contributed by atoms with van der Waals surface area (Å²) < 4.78 is 26.9. The van der Waals surface area contributed by atoms with Crippen LogP contribution in [0.25, 0.3) is 0 Å². The predicted molar refractivity (Wildman–Crippen MR) is 98.1 cm³/mol. The maximum absolute atomic E-state index is 13.8. The minimum Gasteiger partial charge on any atom is -0.338 e. The fourth-order valence-corrected chi connectivity index (χ4v) is 3.27. The van der Waals surface area contributed by atoms with Gasteiger partial charge in [-0.05, 0) is 37.1 Å². The average Bonchev–Trinajstić information content (AvgIpc) is 2.99. The Hall–Kier alpha value is -3.35. The molecule has 5 nitrogen and oxygen atoms in total. The first-order valence-electron chi connectivity index (χ1n) is 8.48. The monoisotopic (exact) mass is 366 g/mol. The third kappa shape index (κ3) is 3.23. The van der Waals surface area contributed by atoms with Gasteiger partial charge in [0.05, 0.1) is 5.69 Å². The molecule has 3 aromatic rings. The highest BCUT2D eigenvalue weighted by Crippen LogP contribution is 2.33. The summed E-state index contributed by atoms with van der Waals surface area (Å²) in [6, 6.07) is 12.4. The number of aromatic nitrogens is 2. The molecule has 1 atom stereocenters. The fourth-order valence-electron chi connectivity index (χ4n) is 3.27. The van der Waals surface area contributed by atoms with E-state index in [1.54, 1.807) is 4.90 Å². The molecule has 0 fully saturated rings. The number of carbonyl (C=O) groups excluding carboxylic acids is 1. The number of anilines is 3. The highest BCUT2D eigenvalue weighted by Gasteiger charge is 2.32. The number of benzene rings is 2. The third-order valence-corrected chi connectivity index (χ3v) is 4.51. The quantitative estimate of drug-likeness (QED) is 0.759. The predicted octanol–water partition coefficient (Wildman–Crippen LogP) is 4.09. The van der Waals surface area contributed by atoms with Gasteiger partial charge in [0.25, 0.3) is 5.91 Å². The second-order valence-corrected chi connectivity index (χ2v) is 6.39. The van der Waals surface area contributed by atoms with Gasteiger partial charge in [0.2, 0.25) is 0 Å². The molecule has 1 N–H and O–H groups in total. The standard InChI is InChI=1S/C20H16F2N4O/c1-12-8-13-4-2-3-5-18(13)26(12)20(27)17-10-19(24-11-23-17)25-16-7-6-14(21)9-15(16)22/h2-7,9-12H,8H2,1H3,(H,23,24,25). The van der Waals surface area contributed by atoms with Crippen molar-refractivity contribution in [1.29, 1.82) is 0 Å². The Kier molecular flexibility index (Phi) is 4.27. The van der Waals surface area contributed by atoms with E-state index in [1.165, 1.54) is 18.5 Å². The van der Waals surface area contributed by atoms with Crippen molar-refractivity contribution in [3.8, 4) is 0 Å². The average molecular weight is 366 g/mol. The largest absolute Gasteiger partial charge is 0.338 e. The lowest BCUT2D eigenvalue weighted by Gasteiger charge is -2.22. The molecule has 0 bridgehead atoms. The van der Waals surface area contributed by atoms with Gasteiger partial charge >= 0.3 is 0 Å². The molecule has 0 saturated heterocycles. The highest BCUT2D eigenvalue weighted by atomic mass is 19.1. The van der Waals surface area contributed by atoms with Gasteiger partial charge in [-0.1, -0.05) is 18.2 Å². The van der Waals surface area contributed by atoms with Crippen LogP contribution in [0.5, 0.6) is 0 Å². The van der Waals surface area contributed by atoms with Gasteiger partial charge in [-0.3, -0.25) is 4.79 Å². The Bertz CT molecular complexity index is 1020. The van der Waals surface area contributed by atoms with Crippen LogP contribution in [0.2, 0.25) is 0 Å². The van der Waals surface area contributed by atoms with Gasteiger partial charge in [0.1, 0.15) is 29.5 Å². The SMILES string of the molecule is CC1Cc2ccccc2N1C(=O)c1cc(Nc2ccc(F)cc2F)ncn1. The lowest BCUT2D eigenvalue weighted by Crippen LogP contribution is -2.36. The number of hydrogen-bond acceptors (Lipinski definition) is 4. The van der Waals surface area contributed by atoms with E-state index in [-0.39, 0.29) is 29.1 Å². The molecule has 2 aromatic carbocycles. The van der Waals surface area contributed by atoms with Crippen LogP contribution in [0.1, 0.15) is 23.0 Å². The van der Waals surface area contributed by atoms with Crippen molar-refractivity contribution in [2.45, 2.75) is 19.4 Å². The highest BCUT2D eigenvalue weighted by molar-refractivity contribution is 6.06. The molecular weight excluding hydrogens is 350 g/mol. The van der Waals surface area contributed by atoms with Gasteiger partial charge in [0.15, 0.2) is 0 Å². The molecule has 7 heteroatoms. The Morgan fingerprint density at radius 2 is 1.96 bits per heavy atom. The summed E-state index contributed by atoms with van der Waals surface area (Å²) in [4.78, 5) is 22.8. The lowest BCUT2D eigenvalue weighted by atomic mass is 10.1. The van der Waals surface area contributed by atoms with E-state index in [2.05, 4.69) is 15.3 Å². The summed E-state index contributed by atoms with van der Waals surface area (Å²) in [5.41, 5.74) is 2.23. The second kappa shape index (κ2) is 6.75. The number of halogens is 2. The Labute approximate surface area is 154 Å². The van der Waals surface area contributed by atoms with E-state index < -0.39 is 11.6 Å². The zero-order valence-electron chi connectivity index (χ0n) is 14.5. The van der Waals surface area contributed by atoms with E-state index in [0.717, 1.165) is 29.8 Å². The van der Waals surface area contributed by atoms with Crippen LogP contribution >= 0.6 is 0 Å². The third-order valence-electron chi connectivity index (χ3n) is 4.51. The number of nitrogens with one attached hydrogen (secondary N) is 1. The van der Waals surface area contributed by atoms with Crippen LogP contribution in [0, 0.1) is 11.6 Å². The topological polar surface area (TPSA) is 58.1 Å². The van der Waals surface area contributed by atoms with Crippen molar-refractivity contribution in [2.75, 3.05) is 10.2 Å². The van der Waals surface area contributed by atoms with Crippen molar-refractivity contribution >= 4 is 23.1 Å². The summed E-state index contributed by atoms with van der Waals surface area (Å²) >= 11 is 0. The van der Waals surface area contributed by atoms with Gasteiger partial charge < -0.3 is 10.2 Å².